The molecule has 0 fully saturated rings. The van der Waals surface area contributed by atoms with E-state index in [1.807, 2.05) is 11.9 Å². The number of aliphatic hydroxyl groups excluding tert-OH is 1. The first-order valence-corrected chi connectivity index (χ1v) is 5.33. The second kappa shape index (κ2) is 6.00. The van der Waals surface area contributed by atoms with E-state index in [1.165, 1.54) is 0 Å². The number of hydrogen-bond acceptors (Lipinski definition) is 4. The Kier molecular flexibility index (Phi) is 4.65. The molecule has 1 amide bonds. The van der Waals surface area contributed by atoms with Gasteiger partial charge in [-0.2, -0.15) is 0 Å². The summed E-state index contributed by atoms with van der Waals surface area (Å²) >= 11 is 0. The molecule has 0 radical (unpaired) electrons. The molecule has 1 heterocycles. The van der Waals surface area contributed by atoms with Gasteiger partial charge in [-0.15, -0.1) is 0 Å². The predicted octanol–water partition coefficient (Wildman–Crippen LogP) is -1.05. The van der Waals surface area contributed by atoms with Gasteiger partial charge < -0.3 is 15.4 Å². The number of carbonyl (C=O) groups excluding carboxylic acids is 1. The third-order valence-electron chi connectivity index (χ3n) is 2.13. The molecule has 1 unspecified atom stereocenters. The third-order valence-corrected chi connectivity index (χ3v) is 2.13. The van der Waals surface area contributed by atoms with Gasteiger partial charge >= 0.3 is 5.69 Å². The molecule has 0 spiro atoms. The van der Waals surface area contributed by atoms with Crippen LogP contribution in [0.1, 0.15) is 30.3 Å². The first-order valence-electron chi connectivity index (χ1n) is 5.33. The van der Waals surface area contributed by atoms with Crippen molar-refractivity contribution in [3.05, 3.63) is 32.6 Å². The van der Waals surface area contributed by atoms with E-state index < -0.39 is 23.3 Å². The lowest BCUT2D eigenvalue weighted by Gasteiger charge is -2.10. The van der Waals surface area contributed by atoms with Gasteiger partial charge in [0.1, 0.15) is 5.69 Å². The van der Waals surface area contributed by atoms with E-state index in [-0.39, 0.29) is 12.2 Å². The zero-order valence-corrected chi connectivity index (χ0v) is 9.45. The molecule has 0 aliphatic heterocycles. The molecule has 0 saturated heterocycles. The van der Waals surface area contributed by atoms with Crippen molar-refractivity contribution < 1.29 is 9.90 Å². The molecule has 0 aliphatic rings. The van der Waals surface area contributed by atoms with Crippen LogP contribution in [0.5, 0.6) is 0 Å². The van der Waals surface area contributed by atoms with E-state index >= 15 is 0 Å². The van der Waals surface area contributed by atoms with Gasteiger partial charge in [-0.05, 0) is 6.42 Å². The lowest BCUT2D eigenvalue weighted by Crippen LogP contribution is -2.35. The molecule has 1 aromatic heterocycles. The number of carbonyl (C=O) groups is 1. The summed E-state index contributed by atoms with van der Waals surface area (Å²) in [5, 5.41) is 11.8. The highest BCUT2D eigenvalue weighted by molar-refractivity contribution is 5.92. The number of H-pyrrole nitrogens is 2. The standard InChI is InChI=1S/C10H15N3O4/c1-2-3-6(14)5-11-9(16)7-4-8(15)13-10(17)12-7/h4,6,14H,2-3,5H2,1H3,(H,11,16)(H2,12,13,15,17). The van der Waals surface area contributed by atoms with Crippen molar-refractivity contribution in [2.45, 2.75) is 25.9 Å². The van der Waals surface area contributed by atoms with E-state index in [4.69, 9.17) is 0 Å². The van der Waals surface area contributed by atoms with E-state index in [9.17, 15) is 19.5 Å². The van der Waals surface area contributed by atoms with Crippen LogP contribution in [-0.4, -0.2) is 33.6 Å². The van der Waals surface area contributed by atoms with Crippen LogP contribution in [-0.2, 0) is 0 Å². The Bertz CT molecular complexity index is 463. The Labute approximate surface area is 96.9 Å². The predicted molar refractivity (Wildman–Crippen MR) is 60.9 cm³/mol. The highest BCUT2D eigenvalue weighted by atomic mass is 16.3. The summed E-state index contributed by atoms with van der Waals surface area (Å²) in [6.07, 6.45) is 0.753. The number of aromatic amines is 2. The van der Waals surface area contributed by atoms with Crippen LogP contribution in [0.2, 0.25) is 0 Å². The van der Waals surface area contributed by atoms with Crippen LogP contribution >= 0.6 is 0 Å². The molecule has 0 bridgehead atoms. The second-order valence-electron chi connectivity index (χ2n) is 3.65. The summed E-state index contributed by atoms with van der Waals surface area (Å²) in [5.41, 5.74) is -1.51. The van der Waals surface area contributed by atoms with Gasteiger partial charge in [-0.25, -0.2) is 4.79 Å². The molecular weight excluding hydrogens is 226 g/mol. The fourth-order valence-corrected chi connectivity index (χ4v) is 1.33. The monoisotopic (exact) mass is 241 g/mol. The first-order chi connectivity index (χ1) is 8.02. The summed E-state index contributed by atoms with van der Waals surface area (Å²) in [6, 6.07) is 0.989. The van der Waals surface area contributed by atoms with Crippen LogP contribution in [0.3, 0.4) is 0 Å². The molecule has 0 aliphatic carbocycles. The fraction of sp³-hybridized carbons (Fsp3) is 0.500. The maximum atomic E-state index is 11.5. The minimum atomic E-state index is -0.739. The van der Waals surface area contributed by atoms with Crippen LogP contribution in [0.15, 0.2) is 15.7 Å². The van der Waals surface area contributed by atoms with Gasteiger partial charge in [-0.1, -0.05) is 13.3 Å². The summed E-state index contributed by atoms with van der Waals surface area (Å²) in [6.45, 7) is 2.00. The molecule has 7 heteroatoms. The minimum Gasteiger partial charge on any atom is -0.391 e. The number of nitrogens with one attached hydrogen (secondary N) is 3. The summed E-state index contributed by atoms with van der Waals surface area (Å²) in [7, 11) is 0. The Morgan fingerprint density at radius 3 is 2.76 bits per heavy atom. The van der Waals surface area contributed by atoms with Gasteiger partial charge in [0.15, 0.2) is 0 Å². The Morgan fingerprint density at radius 1 is 1.47 bits per heavy atom. The van der Waals surface area contributed by atoms with Gasteiger partial charge in [0.25, 0.3) is 11.5 Å². The number of rotatable bonds is 5. The Morgan fingerprint density at radius 2 is 2.18 bits per heavy atom. The van der Waals surface area contributed by atoms with Gasteiger partial charge in [0.05, 0.1) is 6.10 Å². The number of aromatic nitrogens is 2. The molecule has 17 heavy (non-hydrogen) atoms. The number of hydrogen-bond donors (Lipinski definition) is 4. The van der Waals surface area contributed by atoms with Crippen LogP contribution in [0, 0.1) is 0 Å². The van der Waals surface area contributed by atoms with Gasteiger partial charge in [0, 0.05) is 12.6 Å². The molecule has 1 aromatic rings. The molecule has 0 saturated carbocycles. The topological polar surface area (TPSA) is 115 Å². The highest BCUT2D eigenvalue weighted by Gasteiger charge is 2.09. The number of amides is 1. The molecule has 7 nitrogen and oxygen atoms in total. The molecule has 0 aromatic carbocycles. The van der Waals surface area contributed by atoms with Crippen molar-refractivity contribution in [3.8, 4) is 0 Å². The van der Waals surface area contributed by atoms with Crippen molar-refractivity contribution in [1.29, 1.82) is 0 Å². The maximum Gasteiger partial charge on any atom is 0.326 e. The molecule has 1 atom stereocenters. The smallest absolute Gasteiger partial charge is 0.326 e. The van der Waals surface area contributed by atoms with E-state index in [2.05, 4.69) is 10.3 Å². The lowest BCUT2D eigenvalue weighted by molar-refractivity contribution is 0.0904. The molecule has 1 rings (SSSR count). The lowest BCUT2D eigenvalue weighted by atomic mass is 10.2. The first kappa shape index (κ1) is 13.2. The quantitative estimate of drug-likeness (QED) is 0.526. The highest BCUT2D eigenvalue weighted by Crippen LogP contribution is 1.94. The Balaban J connectivity index is 2.64. The fourth-order valence-electron chi connectivity index (χ4n) is 1.33. The van der Waals surface area contributed by atoms with Crippen LogP contribution in [0.25, 0.3) is 0 Å². The van der Waals surface area contributed by atoms with E-state index in [0.717, 1.165) is 12.5 Å². The maximum absolute atomic E-state index is 11.5. The SMILES string of the molecule is CCCC(O)CNC(=O)c1cc(=O)[nH]c(=O)[nH]1. The van der Waals surface area contributed by atoms with Crippen LogP contribution in [0.4, 0.5) is 0 Å². The van der Waals surface area contributed by atoms with Crippen molar-refractivity contribution in [1.82, 2.24) is 15.3 Å². The van der Waals surface area contributed by atoms with Crippen molar-refractivity contribution in [3.63, 3.8) is 0 Å². The van der Waals surface area contributed by atoms with E-state index in [0.29, 0.717) is 6.42 Å². The molecular formula is C10H15N3O4. The average molecular weight is 241 g/mol. The second-order valence-corrected chi connectivity index (χ2v) is 3.65. The zero-order chi connectivity index (χ0) is 12.8. The summed E-state index contributed by atoms with van der Waals surface area (Å²) in [5.74, 6) is -0.594. The van der Waals surface area contributed by atoms with Gasteiger partial charge in [-0.3, -0.25) is 14.6 Å². The van der Waals surface area contributed by atoms with Crippen LogP contribution < -0.4 is 16.6 Å². The molecule has 94 valence electrons. The summed E-state index contributed by atoms with van der Waals surface area (Å²) in [4.78, 5) is 37.5. The third kappa shape index (κ3) is 4.23. The van der Waals surface area contributed by atoms with Crippen molar-refractivity contribution in [2.24, 2.45) is 0 Å². The largest absolute Gasteiger partial charge is 0.391 e. The summed E-state index contributed by atoms with van der Waals surface area (Å²) < 4.78 is 0. The zero-order valence-electron chi connectivity index (χ0n) is 9.45. The number of aliphatic hydroxyl groups is 1. The van der Waals surface area contributed by atoms with Crippen molar-refractivity contribution in [2.75, 3.05) is 6.54 Å². The van der Waals surface area contributed by atoms with E-state index in [1.54, 1.807) is 0 Å². The van der Waals surface area contributed by atoms with Gasteiger partial charge in [0.2, 0.25) is 0 Å². The average Bonchev–Trinajstić information content (AvgIpc) is 2.25. The normalized spacial score (nSPS) is 12.1. The Hall–Kier alpha value is -1.89. The molecule has 4 N–H and O–H groups in total. The van der Waals surface area contributed by atoms with Crippen molar-refractivity contribution >= 4 is 5.91 Å². The minimum absolute atomic E-state index is 0.0848.